The van der Waals surface area contributed by atoms with Crippen LogP contribution in [0.15, 0.2) is 34.9 Å². The molecule has 7 nitrogen and oxygen atoms in total. The Morgan fingerprint density at radius 2 is 2.25 bits per heavy atom. The Hall–Kier alpha value is -3.32. The van der Waals surface area contributed by atoms with Crippen LogP contribution in [0, 0.1) is 22.8 Å². The Morgan fingerprint density at radius 1 is 1.42 bits per heavy atom. The molecule has 7 heteroatoms. The van der Waals surface area contributed by atoms with Gasteiger partial charge in [-0.3, -0.25) is 14.6 Å². The number of carbonyl (C=O) groups is 1. The predicted octanol–water partition coefficient (Wildman–Crippen LogP) is 2.12. The minimum Gasteiger partial charge on any atom is -0.354 e. The topological polar surface area (TPSA) is 97.2 Å². The first-order chi connectivity index (χ1) is 11.6. The molecule has 0 saturated carbocycles. The van der Waals surface area contributed by atoms with E-state index in [2.05, 4.69) is 17.4 Å². The van der Waals surface area contributed by atoms with Crippen LogP contribution < -0.4 is 4.90 Å². The predicted molar refractivity (Wildman–Crippen MR) is 85.4 cm³/mol. The normalized spacial score (nSPS) is 16.5. The van der Waals surface area contributed by atoms with Crippen molar-refractivity contribution in [1.82, 2.24) is 10.1 Å². The molecule has 1 aromatic heterocycles. The van der Waals surface area contributed by atoms with E-state index in [-0.39, 0.29) is 5.91 Å². The van der Waals surface area contributed by atoms with Crippen LogP contribution in [0.2, 0.25) is 0 Å². The Balaban J connectivity index is 1.81. The first-order valence-electron chi connectivity index (χ1n) is 7.55. The maximum absolute atomic E-state index is 12.6. The summed E-state index contributed by atoms with van der Waals surface area (Å²) in [5.74, 6) is 0.673. The minimum absolute atomic E-state index is 0.181. The third-order valence-corrected chi connectivity index (χ3v) is 4.11. The highest BCUT2D eigenvalue weighted by atomic mass is 16.5. The number of rotatable bonds is 3. The molecule has 3 rings (SSSR count). The molecular formula is C17H15N5O2. The number of likely N-dealkylation sites (N-methyl/N-ethyl adjacent to an activating group) is 1. The molecule has 24 heavy (non-hydrogen) atoms. The lowest BCUT2D eigenvalue weighted by molar-refractivity contribution is -0.121. The lowest BCUT2D eigenvalue weighted by Crippen LogP contribution is -2.42. The Kier molecular flexibility index (Phi) is 4.17. The number of hydrogen-bond acceptors (Lipinski definition) is 6. The van der Waals surface area contributed by atoms with E-state index < -0.39 is 6.04 Å². The van der Waals surface area contributed by atoms with Crippen LogP contribution in [-0.2, 0) is 4.79 Å². The van der Waals surface area contributed by atoms with E-state index in [0.29, 0.717) is 35.7 Å². The smallest absolute Gasteiger partial charge is 0.251 e. The number of carbonyl (C=O) groups excluding carboxylic acids is 1. The second kappa shape index (κ2) is 6.43. The molecule has 0 N–H and O–H groups in total. The first-order valence-corrected chi connectivity index (χ1v) is 7.55. The average molecular weight is 321 g/mol. The second-order valence-corrected chi connectivity index (χ2v) is 5.59. The van der Waals surface area contributed by atoms with Crippen molar-refractivity contribution in [2.75, 3.05) is 18.5 Å². The van der Waals surface area contributed by atoms with Crippen molar-refractivity contribution in [1.29, 1.82) is 10.5 Å². The van der Waals surface area contributed by atoms with Gasteiger partial charge in [0.25, 0.3) is 5.91 Å². The molecule has 2 heterocycles. The Morgan fingerprint density at radius 3 is 3.00 bits per heavy atom. The van der Waals surface area contributed by atoms with Crippen molar-refractivity contribution >= 4 is 11.7 Å². The van der Waals surface area contributed by atoms with Crippen LogP contribution in [-0.4, -0.2) is 35.6 Å². The van der Waals surface area contributed by atoms with E-state index in [4.69, 9.17) is 15.0 Å². The van der Waals surface area contributed by atoms with Gasteiger partial charge in [-0.25, -0.2) is 0 Å². The molecule has 0 bridgehead atoms. The van der Waals surface area contributed by atoms with Crippen molar-refractivity contribution in [2.24, 2.45) is 0 Å². The summed E-state index contributed by atoms with van der Waals surface area (Å²) in [6.07, 6.45) is 3.54. The lowest BCUT2D eigenvalue weighted by Gasteiger charge is -2.22. The molecule has 1 amide bonds. The van der Waals surface area contributed by atoms with Gasteiger partial charge < -0.3 is 4.52 Å². The van der Waals surface area contributed by atoms with Gasteiger partial charge in [-0.2, -0.15) is 10.5 Å². The molecular weight excluding hydrogens is 306 g/mol. The van der Waals surface area contributed by atoms with E-state index in [1.54, 1.807) is 37.4 Å². The largest absolute Gasteiger partial charge is 0.354 e. The standard InChI is InChI=1S/C17H15N5O2/c1-21(17(23)14-6-3-7-22(14)11-19)16-9-15(24-20-16)13-5-2-4-12(8-13)10-18/h2,4-5,8-9,14H,3,6-7H2,1H3/t14-/m0/s1. The van der Waals surface area contributed by atoms with Gasteiger partial charge in [0, 0.05) is 25.2 Å². The molecule has 0 unspecified atom stereocenters. The van der Waals surface area contributed by atoms with Crippen LogP contribution >= 0.6 is 0 Å². The van der Waals surface area contributed by atoms with Gasteiger partial charge in [0.2, 0.25) is 0 Å². The Labute approximate surface area is 139 Å². The molecule has 1 fully saturated rings. The van der Waals surface area contributed by atoms with Crippen molar-refractivity contribution in [2.45, 2.75) is 18.9 Å². The highest BCUT2D eigenvalue weighted by molar-refractivity contribution is 5.96. The number of likely N-dealkylation sites (tertiary alicyclic amines) is 1. The third kappa shape index (κ3) is 2.80. The van der Waals surface area contributed by atoms with Crippen molar-refractivity contribution < 1.29 is 9.32 Å². The van der Waals surface area contributed by atoms with Gasteiger partial charge in [0.15, 0.2) is 17.8 Å². The van der Waals surface area contributed by atoms with Gasteiger partial charge in [-0.1, -0.05) is 17.3 Å². The molecule has 1 atom stereocenters. The van der Waals surface area contributed by atoms with Crippen LogP contribution in [0.25, 0.3) is 11.3 Å². The maximum atomic E-state index is 12.6. The highest BCUT2D eigenvalue weighted by Gasteiger charge is 2.33. The van der Waals surface area contributed by atoms with Crippen molar-refractivity contribution in [3.05, 3.63) is 35.9 Å². The van der Waals surface area contributed by atoms with Crippen LogP contribution in [0.4, 0.5) is 5.82 Å². The second-order valence-electron chi connectivity index (χ2n) is 5.59. The quantitative estimate of drug-likeness (QED) is 0.803. The van der Waals surface area contributed by atoms with Crippen molar-refractivity contribution in [3.8, 4) is 23.6 Å². The van der Waals surface area contributed by atoms with Crippen LogP contribution in [0.3, 0.4) is 0 Å². The SMILES string of the molecule is CN(C(=O)[C@@H]1CCCN1C#N)c1cc(-c2cccc(C#N)c2)on1. The van der Waals surface area contributed by atoms with E-state index in [9.17, 15) is 4.79 Å². The third-order valence-electron chi connectivity index (χ3n) is 4.11. The number of benzene rings is 1. The van der Waals surface area contributed by atoms with Crippen LogP contribution in [0.1, 0.15) is 18.4 Å². The number of hydrogen-bond donors (Lipinski definition) is 0. The number of nitrogens with zero attached hydrogens (tertiary/aromatic N) is 5. The molecule has 120 valence electrons. The number of aromatic nitrogens is 1. The summed E-state index contributed by atoms with van der Waals surface area (Å²) in [5.41, 5.74) is 1.23. The summed E-state index contributed by atoms with van der Waals surface area (Å²) in [5, 5.41) is 22.0. The van der Waals surface area contributed by atoms with E-state index in [0.717, 1.165) is 6.42 Å². The average Bonchev–Trinajstić information content (AvgIpc) is 3.29. The minimum atomic E-state index is -0.443. The highest BCUT2D eigenvalue weighted by Crippen LogP contribution is 2.26. The van der Waals surface area contributed by atoms with E-state index in [1.807, 2.05) is 0 Å². The van der Waals surface area contributed by atoms with E-state index in [1.165, 1.54) is 9.80 Å². The summed E-state index contributed by atoms with van der Waals surface area (Å²) in [6, 6.07) is 10.2. The fraction of sp³-hybridized carbons (Fsp3) is 0.294. The van der Waals surface area contributed by atoms with Gasteiger partial charge in [0.1, 0.15) is 6.04 Å². The van der Waals surface area contributed by atoms with Gasteiger partial charge in [-0.05, 0) is 25.0 Å². The summed E-state index contributed by atoms with van der Waals surface area (Å²) in [4.78, 5) is 15.5. The maximum Gasteiger partial charge on any atom is 0.251 e. The summed E-state index contributed by atoms with van der Waals surface area (Å²) >= 11 is 0. The molecule has 0 spiro atoms. The molecule has 0 radical (unpaired) electrons. The van der Waals surface area contributed by atoms with Gasteiger partial charge in [0.05, 0.1) is 11.6 Å². The van der Waals surface area contributed by atoms with E-state index >= 15 is 0 Å². The first kappa shape index (κ1) is 15.6. The zero-order chi connectivity index (χ0) is 17.1. The van der Waals surface area contributed by atoms with Gasteiger partial charge >= 0.3 is 0 Å². The number of anilines is 1. The molecule has 1 aliphatic heterocycles. The fourth-order valence-corrected chi connectivity index (χ4v) is 2.78. The fourth-order valence-electron chi connectivity index (χ4n) is 2.78. The summed E-state index contributed by atoms with van der Waals surface area (Å²) in [6.45, 7) is 0.603. The molecule has 2 aromatic rings. The number of amides is 1. The zero-order valence-corrected chi connectivity index (χ0v) is 13.1. The van der Waals surface area contributed by atoms with Crippen LogP contribution in [0.5, 0.6) is 0 Å². The lowest BCUT2D eigenvalue weighted by atomic mass is 10.1. The number of nitriles is 2. The summed E-state index contributed by atoms with van der Waals surface area (Å²) in [7, 11) is 1.61. The molecule has 1 aromatic carbocycles. The molecule has 1 saturated heterocycles. The van der Waals surface area contributed by atoms with Crippen molar-refractivity contribution in [3.63, 3.8) is 0 Å². The Bertz CT molecular complexity index is 845. The van der Waals surface area contributed by atoms with Gasteiger partial charge in [-0.15, -0.1) is 0 Å². The monoisotopic (exact) mass is 321 g/mol. The molecule has 1 aliphatic rings. The molecule has 0 aliphatic carbocycles. The summed E-state index contributed by atoms with van der Waals surface area (Å²) < 4.78 is 5.31. The zero-order valence-electron chi connectivity index (χ0n) is 13.1.